The fourth-order valence-corrected chi connectivity index (χ4v) is 3.45. The van der Waals surface area contributed by atoms with E-state index in [0.717, 1.165) is 16.3 Å². The molecule has 0 saturated carbocycles. The summed E-state index contributed by atoms with van der Waals surface area (Å²) in [6, 6.07) is 3.88. The molecule has 26 heavy (non-hydrogen) atoms. The predicted octanol–water partition coefficient (Wildman–Crippen LogP) is 3.77. The number of pyridine rings is 1. The van der Waals surface area contributed by atoms with Gasteiger partial charge in [-0.2, -0.15) is 0 Å². The number of hydrogen-bond donors (Lipinski definition) is 1. The van der Waals surface area contributed by atoms with E-state index in [0.29, 0.717) is 30.0 Å². The first-order valence-corrected chi connectivity index (χ1v) is 9.34. The quantitative estimate of drug-likeness (QED) is 0.739. The van der Waals surface area contributed by atoms with Gasteiger partial charge in [-0.3, -0.25) is 9.78 Å². The maximum absolute atomic E-state index is 12.6. The number of carbonyl (C=O) groups excluding carboxylic acids is 1. The molecular weight excluding hydrogens is 348 g/mol. The molecule has 0 atom stereocenters. The standard InChI is InChI=1S/C19H22N4O2S/c1-12-15(16(23-25-12)19(2,3)4)17(24)21-10-7-14-11-26-18(22-14)13-5-8-20-9-6-13/h5-6,8-9,11H,7,10H2,1-4H3,(H,21,24). The zero-order valence-electron chi connectivity index (χ0n) is 15.4. The van der Waals surface area contributed by atoms with Crippen LogP contribution in [0.25, 0.3) is 10.6 Å². The molecule has 3 aromatic heterocycles. The van der Waals surface area contributed by atoms with Gasteiger partial charge in [-0.25, -0.2) is 4.98 Å². The Morgan fingerprint density at radius 3 is 2.69 bits per heavy atom. The summed E-state index contributed by atoms with van der Waals surface area (Å²) in [6.07, 6.45) is 4.18. The Hall–Kier alpha value is -2.54. The molecule has 7 heteroatoms. The number of amides is 1. The van der Waals surface area contributed by atoms with Crippen molar-refractivity contribution in [1.82, 2.24) is 20.4 Å². The van der Waals surface area contributed by atoms with Gasteiger partial charge in [0.1, 0.15) is 22.0 Å². The number of thiazole rings is 1. The zero-order chi connectivity index (χ0) is 18.7. The van der Waals surface area contributed by atoms with Crippen LogP contribution in [0.2, 0.25) is 0 Å². The molecule has 0 aliphatic rings. The maximum Gasteiger partial charge on any atom is 0.256 e. The van der Waals surface area contributed by atoms with Crippen molar-refractivity contribution in [3.8, 4) is 10.6 Å². The topological polar surface area (TPSA) is 80.9 Å². The van der Waals surface area contributed by atoms with Crippen LogP contribution in [0, 0.1) is 6.92 Å². The summed E-state index contributed by atoms with van der Waals surface area (Å²) < 4.78 is 5.23. The van der Waals surface area contributed by atoms with Gasteiger partial charge in [-0.15, -0.1) is 11.3 Å². The van der Waals surface area contributed by atoms with Crippen molar-refractivity contribution in [1.29, 1.82) is 0 Å². The summed E-state index contributed by atoms with van der Waals surface area (Å²) in [4.78, 5) is 21.2. The van der Waals surface area contributed by atoms with Crippen molar-refractivity contribution in [3.05, 3.63) is 52.6 Å². The molecule has 0 aliphatic heterocycles. The molecule has 3 aromatic rings. The minimum Gasteiger partial charge on any atom is -0.361 e. The zero-order valence-corrected chi connectivity index (χ0v) is 16.2. The number of nitrogens with one attached hydrogen (secondary N) is 1. The summed E-state index contributed by atoms with van der Waals surface area (Å²) >= 11 is 1.59. The van der Waals surface area contributed by atoms with Crippen LogP contribution >= 0.6 is 11.3 Å². The second kappa shape index (κ2) is 7.37. The highest BCUT2D eigenvalue weighted by Gasteiger charge is 2.28. The largest absolute Gasteiger partial charge is 0.361 e. The van der Waals surface area contributed by atoms with Gasteiger partial charge in [-0.1, -0.05) is 25.9 Å². The van der Waals surface area contributed by atoms with Gasteiger partial charge in [0.05, 0.1) is 5.69 Å². The number of carbonyl (C=O) groups is 1. The fourth-order valence-electron chi connectivity index (χ4n) is 2.59. The highest BCUT2D eigenvalue weighted by atomic mass is 32.1. The lowest BCUT2D eigenvalue weighted by molar-refractivity contribution is 0.0950. The smallest absolute Gasteiger partial charge is 0.256 e. The van der Waals surface area contributed by atoms with Crippen molar-refractivity contribution < 1.29 is 9.32 Å². The van der Waals surface area contributed by atoms with E-state index in [4.69, 9.17) is 4.52 Å². The molecule has 3 rings (SSSR count). The Labute approximate surface area is 156 Å². The Kier molecular flexibility index (Phi) is 5.18. The third kappa shape index (κ3) is 3.99. The van der Waals surface area contributed by atoms with Crippen LogP contribution in [0.4, 0.5) is 0 Å². The second-order valence-corrected chi connectivity index (χ2v) is 7.96. The molecule has 0 aromatic carbocycles. The minimum absolute atomic E-state index is 0.154. The fraction of sp³-hybridized carbons (Fsp3) is 0.368. The first-order chi connectivity index (χ1) is 12.4. The second-order valence-electron chi connectivity index (χ2n) is 7.10. The summed E-state index contributed by atoms with van der Waals surface area (Å²) in [7, 11) is 0. The van der Waals surface area contributed by atoms with Gasteiger partial charge < -0.3 is 9.84 Å². The minimum atomic E-state index is -0.251. The van der Waals surface area contributed by atoms with Crippen LogP contribution in [0.5, 0.6) is 0 Å². The summed E-state index contributed by atoms with van der Waals surface area (Å²) in [5.41, 5.74) is 2.98. The van der Waals surface area contributed by atoms with Crippen molar-refractivity contribution in [2.75, 3.05) is 6.54 Å². The van der Waals surface area contributed by atoms with Crippen LogP contribution in [-0.2, 0) is 11.8 Å². The molecule has 1 N–H and O–H groups in total. The molecule has 6 nitrogen and oxygen atoms in total. The van der Waals surface area contributed by atoms with E-state index < -0.39 is 0 Å². The van der Waals surface area contributed by atoms with Gasteiger partial charge in [0.2, 0.25) is 0 Å². The van der Waals surface area contributed by atoms with E-state index in [1.165, 1.54) is 0 Å². The van der Waals surface area contributed by atoms with Gasteiger partial charge in [0.15, 0.2) is 0 Å². The van der Waals surface area contributed by atoms with Crippen molar-refractivity contribution in [3.63, 3.8) is 0 Å². The molecule has 0 bridgehead atoms. The lowest BCUT2D eigenvalue weighted by Gasteiger charge is -2.16. The summed E-state index contributed by atoms with van der Waals surface area (Å²) in [6.45, 7) is 8.30. The first kappa shape index (κ1) is 18.3. The molecule has 136 valence electrons. The molecule has 0 aliphatic carbocycles. The molecule has 0 unspecified atom stereocenters. The van der Waals surface area contributed by atoms with E-state index in [2.05, 4.69) is 20.4 Å². The first-order valence-electron chi connectivity index (χ1n) is 8.46. The lowest BCUT2D eigenvalue weighted by atomic mass is 9.88. The van der Waals surface area contributed by atoms with E-state index in [1.807, 2.05) is 38.3 Å². The Morgan fingerprint density at radius 2 is 2.00 bits per heavy atom. The van der Waals surface area contributed by atoms with Crippen molar-refractivity contribution in [2.45, 2.75) is 39.5 Å². The molecule has 1 amide bonds. The molecule has 0 fully saturated rings. The van der Waals surface area contributed by atoms with Gasteiger partial charge in [0, 0.05) is 41.7 Å². The number of rotatable bonds is 5. The van der Waals surface area contributed by atoms with Crippen molar-refractivity contribution >= 4 is 17.2 Å². The third-order valence-electron chi connectivity index (χ3n) is 3.95. The Bertz CT molecular complexity index is 894. The molecular formula is C19H22N4O2S. The number of aromatic nitrogens is 3. The Balaban J connectivity index is 1.62. The average molecular weight is 370 g/mol. The normalized spacial score (nSPS) is 11.5. The monoisotopic (exact) mass is 370 g/mol. The molecule has 0 saturated heterocycles. The van der Waals surface area contributed by atoms with Crippen LogP contribution in [-0.4, -0.2) is 27.6 Å². The van der Waals surface area contributed by atoms with Crippen LogP contribution in [0.15, 0.2) is 34.4 Å². The Morgan fingerprint density at radius 1 is 1.27 bits per heavy atom. The van der Waals surface area contributed by atoms with Gasteiger partial charge >= 0.3 is 0 Å². The summed E-state index contributed by atoms with van der Waals surface area (Å²) in [5, 5.41) is 9.99. The SMILES string of the molecule is Cc1onc(C(C)(C)C)c1C(=O)NCCc1csc(-c2ccncc2)n1. The van der Waals surface area contributed by atoms with Crippen LogP contribution in [0.1, 0.15) is 48.3 Å². The number of aryl methyl sites for hydroxylation is 1. The van der Waals surface area contributed by atoms with Crippen molar-refractivity contribution in [2.24, 2.45) is 0 Å². The van der Waals surface area contributed by atoms with E-state index in [1.54, 1.807) is 30.7 Å². The van der Waals surface area contributed by atoms with Gasteiger partial charge in [-0.05, 0) is 19.1 Å². The highest BCUT2D eigenvalue weighted by molar-refractivity contribution is 7.13. The molecule has 3 heterocycles. The van der Waals surface area contributed by atoms with Gasteiger partial charge in [0.25, 0.3) is 5.91 Å². The van der Waals surface area contributed by atoms with Crippen LogP contribution in [0.3, 0.4) is 0 Å². The van der Waals surface area contributed by atoms with Crippen LogP contribution < -0.4 is 5.32 Å². The predicted molar refractivity (Wildman–Crippen MR) is 101 cm³/mol. The van der Waals surface area contributed by atoms with E-state index >= 15 is 0 Å². The summed E-state index contributed by atoms with van der Waals surface area (Å²) in [5.74, 6) is 0.388. The average Bonchev–Trinajstić information content (AvgIpc) is 3.22. The lowest BCUT2D eigenvalue weighted by Crippen LogP contribution is -2.29. The molecule has 0 spiro atoms. The number of nitrogens with zero attached hydrogens (tertiary/aromatic N) is 3. The third-order valence-corrected chi connectivity index (χ3v) is 4.89. The highest BCUT2D eigenvalue weighted by Crippen LogP contribution is 2.27. The van der Waals surface area contributed by atoms with E-state index in [9.17, 15) is 4.79 Å². The number of hydrogen-bond acceptors (Lipinski definition) is 6. The molecule has 0 radical (unpaired) electrons. The maximum atomic E-state index is 12.6. The van der Waals surface area contributed by atoms with E-state index in [-0.39, 0.29) is 11.3 Å².